The number of nitrogens with zero attached hydrogens (tertiary/aromatic N) is 4. The molecule has 3 N–H and O–H groups in total. The van der Waals surface area contributed by atoms with Crippen molar-refractivity contribution in [2.24, 2.45) is 0 Å². The average Bonchev–Trinajstić information content (AvgIpc) is 3.41. The molecule has 0 saturated carbocycles. The van der Waals surface area contributed by atoms with E-state index in [9.17, 15) is 8.42 Å². The van der Waals surface area contributed by atoms with Gasteiger partial charge in [-0.1, -0.05) is 60.7 Å². The van der Waals surface area contributed by atoms with Crippen LogP contribution >= 0.6 is 0 Å². The van der Waals surface area contributed by atoms with Crippen molar-refractivity contribution in [1.82, 2.24) is 18.9 Å². The molecule has 0 unspecified atom stereocenters. The molecule has 3 aromatic heterocycles. The van der Waals surface area contributed by atoms with Gasteiger partial charge in [0.05, 0.1) is 10.3 Å². The highest BCUT2D eigenvalue weighted by Gasteiger charge is 2.25. The number of pyridine rings is 1. The number of hydrogen-bond donors (Lipinski definition) is 2. The van der Waals surface area contributed by atoms with Gasteiger partial charge in [-0.2, -0.15) is 0 Å². The van der Waals surface area contributed by atoms with Crippen LogP contribution in [0, 0.1) is 13.8 Å². The van der Waals surface area contributed by atoms with Crippen molar-refractivity contribution in [3.63, 3.8) is 0 Å². The standard InChI is InChI=1S/C35H30N6O2S/c1-22-16-30-29(14-15-37-33(30)36)23(2)32(22)20-38-34-31-19-27(18-24-12-13-25-8-6-7-9-26(25)17-24)41(35(31)40-21-39-34)44(42,43)28-10-4-3-5-11-28/h3-17,19,21H,18,20H2,1-2H3,(H2,36,37)(H,38,39,40). The van der Waals surface area contributed by atoms with Crippen molar-refractivity contribution >= 4 is 54.2 Å². The Bertz CT molecular complexity index is 2310. The van der Waals surface area contributed by atoms with Gasteiger partial charge in [0.2, 0.25) is 0 Å². The van der Waals surface area contributed by atoms with E-state index in [1.54, 1.807) is 36.5 Å². The molecule has 0 amide bonds. The largest absolute Gasteiger partial charge is 0.383 e. The molecule has 0 atom stereocenters. The number of hydrogen-bond acceptors (Lipinski definition) is 7. The van der Waals surface area contributed by atoms with Crippen LogP contribution in [0.25, 0.3) is 32.6 Å². The molecule has 4 aromatic carbocycles. The minimum absolute atomic E-state index is 0.196. The summed E-state index contributed by atoms with van der Waals surface area (Å²) in [7, 11) is -3.96. The van der Waals surface area contributed by atoms with Gasteiger partial charge >= 0.3 is 0 Å². The zero-order chi connectivity index (χ0) is 30.4. The van der Waals surface area contributed by atoms with E-state index in [1.165, 1.54) is 10.3 Å². The fraction of sp³-hybridized carbons (Fsp3) is 0.114. The Morgan fingerprint density at radius 2 is 1.57 bits per heavy atom. The number of nitrogens with one attached hydrogen (secondary N) is 1. The van der Waals surface area contributed by atoms with Crippen molar-refractivity contribution in [2.45, 2.75) is 31.7 Å². The van der Waals surface area contributed by atoms with Gasteiger partial charge in [-0.05, 0) is 82.6 Å². The first kappa shape index (κ1) is 27.5. The highest BCUT2D eigenvalue weighted by Crippen LogP contribution is 2.32. The van der Waals surface area contributed by atoms with Crippen LogP contribution in [-0.2, 0) is 23.0 Å². The lowest BCUT2D eigenvalue weighted by atomic mass is 9.96. The molecule has 0 aliphatic carbocycles. The lowest BCUT2D eigenvalue weighted by Crippen LogP contribution is -2.16. The van der Waals surface area contributed by atoms with Crippen molar-refractivity contribution in [3.8, 4) is 0 Å². The van der Waals surface area contributed by atoms with Crippen LogP contribution in [0.2, 0.25) is 0 Å². The van der Waals surface area contributed by atoms with Crippen LogP contribution in [0.15, 0.2) is 108 Å². The number of anilines is 2. The third-order valence-corrected chi connectivity index (χ3v) is 10.0. The molecule has 9 heteroatoms. The minimum atomic E-state index is -3.96. The monoisotopic (exact) mass is 598 g/mol. The van der Waals surface area contributed by atoms with Crippen molar-refractivity contribution in [2.75, 3.05) is 11.1 Å². The predicted molar refractivity (Wildman–Crippen MR) is 176 cm³/mol. The Morgan fingerprint density at radius 1 is 0.795 bits per heavy atom. The van der Waals surface area contributed by atoms with Crippen molar-refractivity contribution in [1.29, 1.82) is 0 Å². The third kappa shape index (κ3) is 4.71. The number of aromatic nitrogens is 4. The maximum Gasteiger partial charge on any atom is 0.269 e. The van der Waals surface area contributed by atoms with E-state index in [-0.39, 0.29) is 4.90 Å². The molecule has 218 valence electrons. The highest BCUT2D eigenvalue weighted by atomic mass is 32.2. The van der Waals surface area contributed by atoms with E-state index >= 15 is 0 Å². The molecule has 0 radical (unpaired) electrons. The molecule has 7 aromatic rings. The summed E-state index contributed by atoms with van der Waals surface area (Å²) in [6.07, 6.45) is 3.52. The molecule has 44 heavy (non-hydrogen) atoms. The van der Waals surface area contributed by atoms with Gasteiger partial charge in [0, 0.05) is 30.2 Å². The molecule has 3 heterocycles. The van der Waals surface area contributed by atoms with E-state index in [4.69, 9.17) is 5.73 Å². The number of aryl methyl sites for hydroxylation is 2. The highest BCUT2D eigenvalue weighted by molar-refractivity contribution is 7.90. The fourth-order valence-corrected chi connectivity index (χ4v) is 7.52. The van der Waals surface area contributed by atoms with Gasteiger partial charge in [0.1, 0.15) is 18.0 Å². The van der Waals surface area contributed by atoms with Gasteiger partial charge < -0.3 is 11.1 Å². The second kappa shape index (κ2) is 10.8. The minimum Gasteiger partial charge on any atom is -0.383 e. The summed E-state index contributed by atoms with van der Waals surface area (Å²) < 4.78 is 29.6. The summed E-state index contributed by atoms with van der Waals surface area (Å²) in [4.78, 5) is 13.5. The Morgan fingerprint density at radius 3 is 2.39 bits per heavy atom. The molecule has 7 rings (SSSR count). The Labute approximate surface area is 255 Å². The summed E-state index contributed by atoms with van der Waals surface area (Å²) in [6, 6.07) is 28.7. The zero-order valence-electron chi connectivity index (χ0n) is 24.3. The number of nitrogens with two attached hydrogens (primary N) is 1. The SMILES string of the molecule is Cc1cc2c(N)nccc2c(C)c1CNc1ncnc2c1cc(Cc1ccc3ccccc3c1)n2S(=O)(=O)c1ccccc1. The summed E-state index contributed by atoms with van der Waals surface area (Å²) in [5.74, 6) is 1.07. The van der Waals surface area contributed by atoms with Crippen LogP contribution in [0.3, 0.4) is 0 Å². The maximum atomic E-state index is 14.1. The van der Waals surface area contributed by atoms with E-state index in [0.717, 1.165) is 43.8 Å². The Hall–Kier alpha value is -5.28. The molecule has 0 spiro atoms. The number of benzene rings is 4. The quantitative estimate of drug-likeness (QED) is 0.208. The number of fused-ring (bicyclic) bond motifs is 3. The first-order valence-electron chi connectivity index (χ1n) is 14.3. The summed E-state index contributed by atoms with van der Waals surface area (Å²) in [5, 5.41) is 8.31. The molecule has 0 aliphatic heterocycles. The second-order valence-corrected chi connectivity index (χ2v) is 12.8. The average molecular weight is 599 g/mol. The van der Waals surface area contributed by atoms with Gasteiger partial charge in [0.25, 0.3) is 10.0 Å². The number of rotatable bonds is 7. The normalized spacial score (nSPS) is 11.9. The van der Waals surface area contributed by atoms with Crippen LogP contribution in [0.4, 0.5) is 11.6 Å². The summed E-state index contributed by atoms with van der Waals surface area (Å²) in [5.41, 5.74) is 11.4. The van der Waals surface area contributed by atoms with Gasteiger partial charge in [0.15, 0.2) is 5.65 Å². The second-order valence-electron chi connectivity index (χ2n) is 11.0. The summed E-state index contributed by atoms with van der Waals surface area (Å²) in [6.45, 7) is 4.61. The zero-order valence-corrected chi connectivity index (χ0v) is 25.1. The molecule has 8 nitrogen and oxygen atoms in total. The predicted octanol–water partition coefficient (Wildman–Crippen LogP) is 6.77. The van der Waals surface area contributed by atoms with Crippen LogP contribution in [0.1, 0.15) is 27.9 Å². The third-order valence-electron chi connectivity index (χ3n) is 8.25. The van der Waals surface area contributed by atoms with Crippen molar-refractivity contribution in [3.05, 3.63) is 131 Å². The first-order chi connectivity index (χ1) is 21.3. The molecular weight excluding hydrogens is 568 g/mol. The molecule has 0 bridgehead atoms. The lowest BCUT2D eigenvalue weighted by molar-refractivity contribution is 0.587. The van der Waals surface area contributed by atoms with Crippen molar-refractivity contribution < 1.29 is 8.42 Å². The molecule has 0 aliphatic rings. The smallest absolute Gasteiger partial charge is 0.269 e. The van der Waals surface area contributed by atoms with Crippen LogP contribution in [0.5, 0.6) is 0 Å². The van der Waals surface area contributed by atoms with E-state index < -0.39 is 10.0 Å². The van der Waals surface area contributed by atoms with Crippen LogP contribution in [-0.4, -0.2) is 27.3 Å². The number of nitrogen functional groups attached to an aromatic ring is 1. The van der Waals surface area contributed by atoms with Gasteiger partial charge in [-0.25, -0.2) is 27.3 Å². The van der Waals surface area contributed by atoms with E-state index in [0.29, 0.717) is 41.3 Å². The molecule has 0 saturated heterocycles. The van der Waals surface area contributed by atoms with Gasteiger partial charge in [-0.15, -0.1) is 0 Å². The Kier molecular flexibility index (Phi) is 6.74. The van der Waals surface area contributed by atoms with Crippen LogP contribution < -0.4 is 11.1 Å². The molecule has 0 fully saturated rings. The van der Waals surface area contributed by atoms with E-state index in [1.807, 2.05) is 30.3 Å². The summed E-state index contributed by atoms with van der Waals surface area (Å²) >= 11 is 0. The fourth-order valence-electron chi connectivity index (χ4n) is 6.00. The Balaban J connectivity index is 1.34. The van der Waals surface area contributed by atoms with Gasteiger partial charge in [-0.3, -0.25) is 0 Å². The molecular formula is C35H30N6O2S. The van der Waals surface area contributed by atoms with E-state index in [2.05, 4.69) is 64.4 Å². The topological polar surface area (TPSA) is 116 Å². The first-order valence-corrected chi connectivity index (χ1v) is 15.8. The maximum absolute atomic E-state index is 14.1. The lowest BCUT2D eigenvalue weighted by Gasteiger charge is -2.15.